The monoisotopic (exact) mass is 235 g/mol. The summed E-state index contributed by atoms with van der Waals surface area (Å²) < 4.78 is 9.13. The van der Waals surface area contributed by atoms with E-state index in [2.05, 4.69) is 9.47 Å². The van der Waals surface area contributed by atoms with E-state index in [9.17, 15) is 9.59 Å². The number of carbonyl (C=O) groups is 2. The normalized spacial score (nSPS) is 11.9. The molecule has 0 rings (SSSR count). The first-order valence-corrected chi connectivity index (χ1v) is 4.91. The van der Waals surface area contributed by atoms with E-state index in [1.54, 1.807) is 0 Å². The van der Waals surface area contributed by atoms with Gasteiger partial charge in [-0.05, 0) is 6.42 Å². The van der Waals surface area contributed by atoms with Crippen LogP contribution in [0.15, 0.2) is 0 Å². The summed E-state index contributed by atoms with van der Waals surface area (Å²) in [6, 6.07) is -0.909. The highest BCUT2D eigenvalue weighted by Crippen LogP contribution is 1.99. The third-order valence-corrected chi connectivity index (χ3v) is 1.65. The van der Waals surface area contributed by atoms with Crippen molar-refractivity contribution in [3.63, 3.8) is 0 Å². The minimum Gasteiger partial charge on any atom is -0.463 e. The topological polar surface area (TPSA) is 119 Å². The van der Waals surface area contributed by atoms with Crippen molar-refractivity contribution in [2.24, 2.45) is 5.73 Å². The molecular weight excluding hydrogens is 218 g/mol. The molecule has 0 aromatic carbocycles. The summed E-state index contributed by atoms with van der Waals surface area (Å²) in [6.07, 6.45) is 0.0872. The maximum atomic E-state index is 11.1. The van der Waals surface area contributed by atoms with Gasteiger partial charge in [0.05, 0.1) is 13.2 Å². The molecule has 0 radical (unpaired) electrons. The average molecular weight is 235 g/mol. The summed E-state index contributed by atoms with van der Waals surface area (Å²) >= 11 is 0. The lowest BCUT2D eigenvalue weighted by molar-refractivity contribution is -0.147. The maximum Gasteiger partial charge on any atom is 0.323 e. The highest BCUT2D eigenvalue weighted by molar-refractivity contribution is 5.77. The summed E-state index contributed by atoms with van der Waals surface area (Å²) in [5, 5.41) is 16.8. The zero-order valence-corrected chi connectivity index (χ0v) is 8.92. The number of hydrogen-bond acceptors (Lipinski definition) is 7. The number of hydrogen-bond donors (Lipinski definition) is 3. The van der Waals surface area contributed by atoms with Crippen LogP contribution in [0.3, 0.4) is 0 Å². The van der Waals surface area contributed by atoms with E-state index >= 15 is 0 Å². The van der Waals surface area contributed by atoms with E-state index in [0.717, 1.165) is 0 Å². The molecule has 0 aliphatic heterocycles. The molecule has 16 heavy (non-hydrogen) atoms. The van der Waals surface area contributed by atoms with Crippen LogP contribution in [0.2, 0.25) is 0 Å². The molecule has 94 valence electrons. The fraction of sp³-hybridized carbons (Fsp3) is 0.778. The van der Waals surface area contributed by atoms with Gasteiger partial charge in [0, 0.05) is 6.42 Å². The van der Waals surface area contributed by atoms with Crippen LogP contribution in [0.4, 0.5) is 0 Å². The van der Waals surface area contributed by atoms with Crippen molar-refractivity contribution in [3.05, 3.63) is 0 Å². The van der Waals surface area contributed by atoms with Crippen molar-refractivity contribution in [2.75, 3.05) is 26.4 Å². The number of ether oxygens (including phenoxy) is 2. The van der Waals surface area contributed by atoms with Crippen LogP contribution in [0.5, 0.6) is 0 Å². The highest BCUT2D eigenvalue weighted by atomic mass is 16.5. The molecule has 0 saturated heterocycles. The zero-order chi connectivity index (χ0) is 12.4. The fourth-order valence-electron chi connectivity index (χ4n) is 0.876. The Hall–Kier alpha value is -1.18. The highest BCUT2D eigenvalue weighted by Gasteiger charge is 2.16. The second kappa shape index (κ2) is 9.08. The van der Waals surface area contributed by atoms with E-state index in [1.165, 1.54) is 0 Å². The molecular formula is C9H17NO6. The van der Waals surface area contributed by atoms with E-state index in [4.69, 9.17) is 15.9 Å². The molecule has 4 N–H and O–H groups in total. The minimum absolute atomic E-state index is 0.0185. The Balaban J connectivity index is 3.66. The van der Waals surface area contributed by atoms with Gasteiger partial charge in [-0.15, -0.1) is 0 Å². The number of aliphatic hydroxyl groups excluding tert-OH is 2. The van der Waals surface area contributed by atoms with Crippen LogP contribution in [0.25, 0.3) is 0 Å². The first kappa shape index (κ1) is 14.8. The molecule has 7 nitrogen and oxygen atoms in total. The van der Waals surface area contributed by atoms with Crippen molar-refractivity contribution in [1.82, 2.24) is 0 Å². The molecule has 0 fully saturated rings. The van der Waals surface area contributed by atoms with Crippen molar-refractivity contribution in [1.29, 1.82) is 0 Å². The minimum atomic E-state index is -0.909. The van der Waals surface area contributed by atoms with E-state index in [1.807, 2.05) is 0 Å². The second-order valence-corrected chi connectivity index (χ2v) is 2.98. The second-order valence-electron chi connectivity index (χ2n) is 2.98. The molecule has 0 aliphatic rings. The lowest BCUT2D eigenvalue weighted by atomic mass is 10.2. The van der Waals surface area contributed by atoms with Crippen LogP contribution in [-0.4, -0.2) is 54.6 Å². The summed E-state index contributed by atoms with van der Waals surface area (Å²) in [6.45, 7) is -0.683. The van der Waals surface area contributed by atoms with Gasteiger partial charge in [0.15, 0.2) is 0 Å². The van der Waals surface area contributed by atoms with Gasteiger partial charge in [-0.1, -0.05) is 0 Å². The van der Waals surface area contributed by atoms with Crippen molar-refractivity contribution in [2.45, 2.75) is 18.9 Å². The number of esters is 2. The standard InChI is InChI=1S/C9H17NO6/c10-7(9(14)16-6-4-12)1-2-8(13)15-5-3-11/h7,11-12H,1-6,10H2/t7-/m0/s1. The van der Waals surface area contributed by atoms with E-state index < -0.39 is 18.0 Å². The summed E-state index contributed by atoms with van der Waals surface area (Å²) in [7, 11) is 0. The quantitative estimate of drug-likeness (QED) is 0.423. The maximum absolute atomic E-state index is 11.1. The summed E-state index contributed by atoms with van der Waals surface area (Å²) in [5.41, 5.74) is 5.42. The van der Waals surface area contributed by atoms with Crippen LogP contribution >= 0.6 is 0 Å². The number of rotatable bonds is 8. The summed E-state index contributed by atoms with van der Waals surface area (Å²) in [5.74, 6) is -1.19. The fourth-order valence-corrected chi connectivity index (χ4v) is 0.876. The molecule has 0 heterocycles. The van der Waals surface area contributed by atoms with Gasteiger partial charge in [0.2, 0.25) is 0 Å². The molecule has 0 aromatic heterocycles. The molecule has 0 unspecified atom stereocenters. The number of aliphatic hydroxyl groups is 2. The Morgan fingerprint density at radius 3 is 2.25 bits per heavy atom. The van der Waals surface area contributed by atoms with Gasteiger partial charge in [-0.25, -0.2) is 0 Å². The van der Waals surface area contributed by atoms with Crippen LogP contribution in [0.1, 0.15) is 12.8 Å². The van der Waals surface area contributed by atoms with E-state index in [0.29, 0.717) is 0 Å². The molecule has 0 aliphatic carbocycles. The third kappa shape index (κ3) is 7.16. The first-order valence-electron chi connectivity index (χ1n) is 4.91. The van der Waals surface area contributed by atoms with Gasteiger partial charge >= 0.3 is 11.9 Å². The van der Waals surface area contributed by atoms with Gasteiger partial charge in [0.25, 0.3) is 0 Å². The lowest BCUT2D eigenvalue weighted by Gasteiger charge is -2.10. The molecule has 1 atom stereocenters. The first-order chi connectivity index (χ1) is 7.61. The molecule has 0 amide bonds. The predicted molar refractivity (Wildman–Crippen MR) is 53.3 cm³/mol. The Morgan fingerprint density at radius 1 is 1.12 bits per heavy atom. The third-order valence-electron chi connectivity index (χ3n) is 1.65. The SMILES string of the molecule is N[C@@H](CCC(=O)OCCO)C(=O)OCCO. The average Bonchev–Trinajstić information content (AvgIpc) is 2.30. The largest absolute Gasteiger partial charge is 0.463 e. The van der Waals surface area contributed by atoms with Crippen LogP contribution in [-0.2, 0) is 19.1 Å². The van der Waals surface area contributed by atoms with Crippen LogP contribution in [0, 0.1) is 0 Å². The van der Waals surface area contributed by atoms with Crippen molar-refractivity contribution >= 4 is 11.9 Å². The van der Waals surface area contributed by atoms with Crippen molar-refractivity contribution < 1.29 is 29.3 Å². The van der Waals surface area contributed by atoms with E-state index in [-0.39, 0.29) is 39.3 Å². The molecule has 0 aromatic rings. The van der Waals surface area contributed by atoms with Gasteiger partial charge in [0.1, 0.15) is 19.3 Å². The smallest absolute Gasteiger partial charge is 0.323 e. The summed E-state index contributed by atoms with van der Waals surface area (Å²) in [4.78, 5) is 22.0. The lowest BCUT2D eigenvalue weighted by Crippen LogP contribution is -2.33. The Bertz CT molecular complexity index is 220. The molecule has 0 spiro atoms. The zero-order valence-electron chi connectivity index (χ0n) is 8.92. The molecule has 7 heteroatoms. The molecule has 0 saturated carbocycles. The predicted octanol–water partition coefficient (Wildman–Crippen LogP) is -1.84. The van der Waals surface area contributed by atoms with Gasteiger partial charge < -0.3 is 25.4 Å². The van der Waals surface area contributed by atoms with Crippen LogP contribution < -0.4 is 5.73 Å². The van der Waals surface area contributed by atoms with Crippen molar-refractivity contribution in [3.8, 4) is 0 Å². The number of nitrogens with two attached hydrogens (primary N) is 1. The Labute approximate surface area is 93.1 Å². The van der Waals surface area contributed by atoms with Gasteiger partial charge in [-0.2, -0.15) is 0 Å². The number of carbonyl (C=O) groups excluding carboxylic acids is 2. The van der Waals surface area contributed by atoms with Gasteiger partial charge in [-0.3, -0.25) is 9.59 Å². The molecule has 0 bridgehead atoms. The Morgan fingerprint density at radius 2 is 1.69 bits per heavy atom. The Kier molecular flexibility index (Phi) is 8.41.